The largest absolute Gasteiger partial charge is 0.336 e. The van der Waals surface area contributed by atoms with Crippen molar-refractivity contribution in [3.05, 3.63) is 33.4 Å². The smallest absolute Gasteiger partial charge is 0.219 e. The fraction of sp³-hybridized carbons (Fsp3) is 0.462. The van der Waals surface area contributed by atoms with E-state index in [1.165, 1.54) is 15.6 Å². The summed E-state index contributed by atoms with van der Waals surface area (Å²) in [6.45, 7) is 2.58. The lowest BCUT2D eigenvalue weighted by Gasteiger charge is -2.35. The standard InChI is InChI=1S/C13H16INO/c1-10(16)15-9-3-2-4-13(15)11-5-7-12(14)8-6-11/h5-8,13H,2-4,9H2,1H3. The second-order valence-electron chi connectivity index (χ2n) is 4.28. The van der Waals surface area contributed by atoms with Gasteiger partial charge in [-0.3, -0.25) is 4.79 Å². The number of carbonyl (C=O) groups excluding carboxylic acids is 1. The fourth-order valence-corrected chi connectivity index (χ4v) is 2.70. The average Bonchev–Trinajstić information content (AvgIpc) is 2.30. The summed E-state index contributed by atoms with van der Waals surface area (Å²) in [4.78, 5) is 13.6. The van der Waals surface area contributed by atoms with E-state index in [4.69, 9.17) is 0 Å². The first-order valence-electron chi connectivity index (χ1n) is 5.71. The van der Waals surface area contributed by atoms with Crippen molar-refractivity contribution in [3.8, 4) is 0 Å². The zero-order valence-electron chi connectivity index (χ0n) is 9.45. The van der Waals surface area contributed by atoms with Gasteiger partial charge in [0, 0.05) is 17.0 Å². The Morgan fingerprint density at radius 3 is 2.62 bits per heavy atom. The molecule has 16 heavy (non-hydrogen) atoms. The molecule has 86 valence electrons. The van der Waals surface area contributed by atoms with Crippen LogP contribution in [-0.2, 0) is 4.79 Å². The van der Waals surface area contributed by atoms with E-state index >= 15 is 0 Å². The Morgan fingerprint density at radius 1 is 1.31 bits per heavy atom. The Bertz CT molecular complexity index is 374. The molecule has 1 fully saturated rings. The van der Waals surface area contributed by atoms with Gasteiger partial charge in [0.2, 0.25) is 5.91 Å². The number of nitrogens with zero attached hydrogens (tertiary/aromatic N) is 1. The van der Waals surface area contributed by atoms with Crippen LogP contribution in [0.5, 0.6) is 0 Å². The topological polar surface area (TPSA) is 20.3 Å². The molecule has 0 bridgehead atoms. The van der Waals surface area contributed by atoms with Crippen molar-refractivity contribution in [2.45, 2.75) is 32.2 Å². The van der Waals surface area contributed by atoms with Crippen LogP contribution >= 0.6 is 22.6 Å². The summed E-state index contributed by atoms with van der Waals surface area (Å²) in [6.07, 6.45) is 3.46. The molecule has 2 rings (SSSR count). The van der Waals surface area contributed by atoms with Crippen molar-refractivity contribution in [3.63, 3.8) is 0 Å². The average molecular weight is 329 g/mol. The lowest BCUT2D eigenvalue weighted by Crippen LogP contribution is -2.36. The van der Waals surface area contributed by atoms with Gasteiger partial charge < -0.3 is 4.90 Å². The van der Waals surface area contributed by atoms with Gasteiger partial charge in [0.15, 0.2) is 0 Å². The minimum Gasteiger partial charge on any atom is -0.336 e. The summed E-state index contributed by atoms with van der Waals surface area (Å²) in [5, 5.41) is 0. The molecule has 1 unspecified atom stereocenters. The minimum atomic E-state index is 0.197. The normalized spacial score (nSPS) is 20.9. The third kappa shape index (κ3) is 2.56. The highest BCUT2D eigenvalue weighted by Crippen LogP contribution is 2.31. The Morgan fingerprint density at radius 2 is 2.00 bits per heavy atom. The number of carbonyl (C=O) groups is 1. The molecule has 0 radical (unpaired) electrons. The Hall–Kier alpha value is -0.580. The van der Waals surface area contributed by atoms with E-state index in [1.54, 1.807) is 6.92 Å². The lowest BCUT2D eigenvalue weighted by atomic mass is 9.95. The maximum absolute atomic E-state index is 11.6. The summed E-state index contributed by atoms with van der Waals surface area (Å²) in [7, 11) is 0. The molecule has 2 nitrogen and oxygen atoms in total. The van der Waals surface area contributed by atoms with Crippen molar-refractivity contribution < 1.29 is 4.79 Å². The van der Waals surface area contributed by atoms with Gasteiger partial charge in [-0.15, -0.1) is 0 Å². The van der Waals surface area contributed by atoms with Crippen LogP contribution in [0.15, 0.2) is 24.3 Å². The van der Waals surface area contributed by atoms with Gasteiger partial charge in [-0.1, -0.05) is 12.1 Å². The van der Waals surface area contributed by atoms with E-state index in [9.17, 15) is 4.79 Å². The van der Waals surface area contributed by atoms with E-state index in [-0.39, 0.29) is 5.91 Å². The molecule has 1 aliphatic heterocycles. The summed E-state index contributed by atoms with van der Waals surface area (Å²) in [6, 6.07) is 8.82. The SMILES string of the molecule is CC(=O)N1CCCCC1c1ccc(I)cc1. The van der Waals surface area contributed by atoms with Gasteiger partial charge in [-0.05, 0) is 59.5 Å². The van der Waals surface area contributed by atoms with E-state index in [0.29, 0.717) is 6.04 Å². The Labute approximate surface area is 110 Å². The van der Waals surface area contributed by atoms with Gasteiger partial charge >= 0.3 is 0 Å². The molecule has 3 heteroatoms. The van der Waals surface area contributed by atoms with Gasteiger partial charge in [-0.2, -0.15) is 0 Å². The van der Waals surface area contributed by atoms with Crippen molar-refractivity contribution in [1.29, 1.82) is 0 Å². The molecule has 1 aromatic carbocycles. The highest BCUT2D eigenvalue weighted by molar-refractivity contribution is 14.1. The number of piperidine rings is 1. The number of hydrogen-bond acceptors (Lipinski definition) is 1. The zero-order valence-corrected chi connectivity index (χ0v) is 11.6. The third-order valence-electron chi connectivity index (χ3n) is 3.16. The van der Waals surface area contributed by atoms with Crippen LogP contribution < -0.4 is 0 Å². The first kappa shape index (κ1) is 11.9. The van der Waals surface area contributed by atoms with Gasteiger partial charge in [-0.25, -0.2) is 0 Å². The van der Waals surface area contributed by atoms with Crippen LogP contribution in [0, 0.1) is 3.57 Å². The lowest BCUT2D eigenvalue weighted by molar-refractivity contribution is -0.132. The van der Waals surface area contributed by atoms with Crippen LogP contribution in [0.3, 0.4) is 0 Å². The van der Waals surface area contributed by atoms with E-state index in [0.717, 1.165) is 19.4 Å². The summed E-state index contributed by atoms with van der Waals surface area (Å²) in [5.41, 5.74) is 1.27. The first-order valence-corrected chi connectivity index (χ1v) is 6.79. The number of likely N-dealkylation sites (tertiary alicyclic amines) is 1. The minimum absolute atomic E-state index is 0.197. The second kappa shape index (κ2) is 5.17. The number of rotatable bonds is 1. The van der Waals surface area contributed by atoms with Crippen LogP contribution in [0.4, 0.5) is 0 Å². The summed E-state index contributed by atoms with van der Waals surface area (Å²) >= 11 is 2.31. The molecule has 0 spiro atoms. The molecule has 0 N–H and O–H groups in total. The molecule has 1 aliphatic rings. The van der Waals surface area contributed by atoms with Crippen LogP contribution in [0.2, 0.25) is 0 Å². The van der Waals surface area contributed by atoms with Crippen LogP contribution in [0.1, 0.15) is 37.8 Å². The monoisotopic (exact) mass is 329 g/mol. The molecule has 1 heterocycles. The highest BCUT2D eigenvalue weighted by atomic mass is 127. The predicted octanol–water partition coefficient (Wildman–Crippen LogP) is 3.36. The van der Waals surface area contributed by atoms with Crippen LogP contribution in [0.25, 0.3) is 0 Å². The Kier molecular flexibility index (Phi) is 3.84. The maximum Gasteiger partial charge on any atom is 0.219 e. The molecular weight excluding hydrogens is 313 g/mol. The highest BCUT2D eigenvalue weighted by Gasteiger charge is 2.25. The van der Waals surface area contributed by atoms with Crippen molar-refractivity contribution >= 4 is 28.5 Å². The molecule has 1 aromatic rings. The molecular formula is C13H16INO. The Balaban J connectivity index is 2.23. The molecule has 0 aromatic heterocycles. The van der Waals surface area contributed by atoms with Gasteiger partial charge in [0.25, 0.3) is 0 Å². The number of halogens is 1. The van der Waals surface area contributed by atoms with E-state index in [2.05, 4.69) is 46.9 Å². The van der Waals surface area contributed by atoms with Gasteiger partial charge in [0.05, 0.1) is 6.04 Å². The molecule has 1 atom stereocenters. The maximum atomic E-state index is 11.6. The predicted molar refractivity (Wildman–Crippen MR) is 73.1 cm³/mol. The van der Waals surface area contributed by atoms with Gasteiger partial charge in [0.1, 0.15) is 0 Å². The van der Waals surface area contributed by atoms with Crippen molar-refractivity contribution in [1.82, 2.24) is 4.90 Å². The zero-order chi connectivity index (χ0) is 11.5. The van der Waals surface area contributed by atoms with E-state index < -0.39 is 0 Å². The van der Waals surface area contributed by atoms with E-state index in [1.807, 2.05) is 4.90 Å². The first-order chi connectivity index (χ1) is 7.68. The molecule has 1 saturated heterocycles. The fourth-order valence-electron chi connectivity index (χ4n) is 2.34. The number of hydrogen-bond donors (Lipinski definition) is 0. The molecule has 0 saturated carbocycles. The summed E-state index contributed by atoms with van der Waals surface area (Å²) in [5.74, 6) is 0.197. The number of benzene rings is 1. The quantitative estimate of drug-likeness (QED) is 0.724. The van der Waals surface area contributed by atoms with Crippen molar-refractivity contribution in [2.24, 2.45) is 0 Å². The number of amides is 1. The molecule has 1 amide bonds. The molecule has 0 aliphatic carbocycles. The summed E-state index contributed by atoms with van der Waals surface area (Å²) < 4.78 is 1.24. The second-order valence-corrected chi connectivity index (χ2v) is 5.52. The van der Waals surface area contributed by atoms with Crippen molar-refractivity contribution in [2.75, 3.05) is 6.54 Å². The third-order valence-corrected chi connectivity index (χ3v) is 3.88. The van der Waals surface area contributed by atoms with Crippen LogP contribution in [-0.4, -0.2) is 17.4 Å².